The van der Waals surface area contributed by atoms with Gasteiger partial charge in [-0.15, -0.1) is 0 Å². The summed E-state index contributed by atoms with van der Waals surface area (Å²) < 4.78 is 0. The van der Waals surface area contributed by atoms with Gasteiger partial charge in [-0.2, -0.15) is 0 Å². The maximum atomic E-state index is 5.94. The van der Waals surface area contributed by atoms with E-state index in [-0.39, 0.29) is 0 Å². The molecule has 0 aromatic heterocycles. The van der Waals surface area contributed by atoms with E-state index >= 15 is 0 Å². The van der Waals surface area contributed by atoms with Crippen molar-refractivity contribution in [3.05, 3.63) is 30.3 Å². The summed E-state index contributed by atoms with van der Waals surface area (Å²) in [5.41, 5.74) is 7.20. The van der Waals surface area contributed by atoms with Crippen molar-refractivity contribution in [3.8, 4) is 0 Å². The Morgan fingerprint density at radius 1 is 1.10 bits per heavy atom. The Kier molecular flexibility index (Phi) is 7.55. The molecule has 0 fully saturated rings. The molecule has 112 valence electrons. The van der Waals surface area contributed by atoms with Crippen LogP contribution in [0.4, 0.5) is 5.69 Å². The Morgan fingerprint density at radius 2 is 1.75 bits per heavy atom. The fourth-order valence-corrected chi connectivity index (χ4v) is 2.11. The van der Waals surface area contributed by atoms with Crippen LogP contribution in [0.25, 0.3) is 0 Å². The monoisotopic (exact) mass is 276 g/mol. The van der Waals surface area contributed by atoms with Crippen LogP contribution in [0.15, 0.2) is 35.3 Å². The van der Waals surface area contributed by atoms with E-state index in [1.165, 1.54) is 5.69 Å². The molecule has 0 spiro atoms. The largest absolute Gasteiger partial charge is 0.375 e. The number of anilines is 1. The molecule has 0 heterocycles. The first-order valence-corrected chi connectivity index (χ1v) is 7.50. The van der Waals surface area contributed by atoms with Gasteiger partial charge in [0.1, 0.15) is 0 Å². The van der Waals surface area contributed by atoms with Crippen molar-refractivity contribution in [2.24, 2.45) is 10.7 Å². The molecule has 1 aromatic carbocycles. The second-order valence-corrected chi connectivity index (χ2v) is 4.88. The Morgan fingerprint density at radius 3 is 2.35 bits per heavy atom. The van der Waals surface area contributed by atoms with Crippen molar-refractivity contribution in [2.45, 2.75) is 26.7 Å². The molecule has 0 bridgehead atoms. The minimum absolute atomic E-state index is 0.673. The van der Waals surface area contributed by atoms with E-state index in [0.717, 1.165) is 39.0 Å². The average molecular weight is 276 g/mol. The molecule has 0 aliphatic heterocycles. The lowest BCUT2D eigenvalue weighted by molar-refractivity contribution is 0.457. The molecule has 0 amide bonds. The Balaban J connectivity index is 2.23. The van der Waals surface area contributed by atoms with E-state index in [0.29, 0.717) is 5.96 Å². The minimum Gasteiger partial charge on any atom is -0.375 e. The van der Waals surface area contributed by atoms with E-state index in [9.17, 15) is 0 Å². The summed E-state index contributed by atoms with van der Waals surface area (Å²) in [4.78, 5) is 8.79. The van der Waals surface area contributed by atoms with E-state index in [1.807, 2.05) is 6.07 Å². The fraction of sp³-hybridized carbons (Fsp3) is 0.562. The molecule has 0 unspecified atom stereocenters. The van der Waals surface area contributed by atoms with Crippen LogP contribution in [0.2, 0.25) is 0 Å². The van der Waals surface area contributed by atoms with Crippen LogP contribution in [0.3, 0.4) is 0 Å². The maximum absolute atomic E-state index is 5.94. The van der Waals surface area contributed by atoms with E-state index in [1.54, 1.807) is 0 Å². The number of benzene rings is 1. The number of unbranched alkanes of at least 4 members (excludes halogenated alkanes) is 1. The zero-order valence-corrected chi connectivity index (χ0v) is 13.0. The summed E-state index contributed by atoms with van der Waals surface area (Å²) >= 11 is 0. The number of rotatable bonds is 8. The molecule has 0 saturated carbocycles. The standard InChI is InChI=1S/C16H28N4/c1-4-20(5-2)16(17)18-13-9-10-14-19(3)15-11-7-6-8-12-15/h6-8,11-12H,4-5,9-10,13-14H2,1-3H3,(H2,17,18). The Labute approximate surface area is 123 Å². The summed E-state index contributed by atoms with van der Waals surface area (Å²) in [5.74, 6) is 0.673. The van der Waals surface area contributed by atoms with Crippen LogP contribution in [0, 0.1) is 0 Å². The van der Waals surface area contributed by atoms with Crippen LogP contribution in [0.1, 0.15) is 26.7 Å². The third-order valence-corrected chi connectivity index (χ3v) is 3.46. The zero-order valence-electron chi connectivity index (χ0n) is 13.0. The highest BCUT2D eigenvalue weighted by Crippen LogP contribution is 2.11. The number of nitrogens with two attached hydrogens (primary N) is 1. The molecule has 0 aliphatic rings. The van der Waals surface area contributed by atoms with Crippen molar-refractivity contribution in [1.29, 1.82) is 0 Å². The SMILES string of the molecule is CCN(CC)C(N)=NCCCCN(C)c1ccccc1. The van der Waals surface area contributed by atoms with Gasteiger partial charge < -0.3 is 15.5 Å². The second kappa shape index (κ2) is 9.23. The minimum atomic E-state index is 0.673. The fourth-order valence-electron chi connectivity index (χ4n) is 2.11. The van der Waals surface area contributed by atoms with E-state index in [2.05, 4.69) is 60.0 Å². The predicted molar refractivity (Wildman–Crippen MR) is 88.4 cm³/mol. The maximum Gasteiger partial charge on any atom is 0.191 e. The Hall–Kier alpha value is -1.71. The van der Waals surface area contributed by atoms with Crippen LogP contribution in [-0.4, -0.2) is 44.1 Å². The van der Waals surface area contributed by atoms with Gasteiger partial charge in [0.2, 0.25) is 0 Å². The third-order valence-electron chi connectivity index (χ3n) is 3.46. The zero-order chi connectivity index (χ0) is 14.8. The quantitative estimate of drug-likeness (QED) is 0.451. The molecular formula is C16H28N4. The first-order chi connectivity index (χ1) is 9.69. The number of guanidine groups is 1. The van der Waals surface area contributed by atoms with Crippen LogP contribution in [-0.2, 0) is 0 Å². The third kappa shape index (κ3) is 5.51. The number of nitrogens with zero attached hydrogens (tertiary/aromatic N) is 3. The van der Waals surface area contributed by atoms with Crippen LogP contribution >= 0.6 is 0 Å². The summed E-state index contributed by atoms with van der Waals surface area (Å²) in [6, 6.07) is 10.5. The van der Waals surface area contributed by atoms with Crippen molar-refractivity contribution in [3.63, 3.8) is 0 Å². The first-order valence-electron chi connectivity index (χ1n) is 7.50. The smallest absolute Gasteiger partial charge is 0.191 e. The van der Waals surface area contributed by atoms with Crippen LogP contribution < -0.4 is 10.6 Å². The molecule has 0 saturated heterocycles. The highest BCUT2D eigenvalue weighted by atomic mass is 15.2. The van der Waals surface area contributed by atoms with Gasteiger partial charge >= 0.3 is 0 Å². The van der Waals surface area contributed by atoms with Gasteiger partial charge in [0.15, 0.2) is 5.96 Å². The van der Waals surface area contributed by atoms with Crippen LogP contribution in [0.5, 0.6) is 0 Å². The molecule has 20 heavy (non-hydrogen) atoms. The molecular weight excluding hydrogens is 248 g/mol. The highest BCUT2D eigenvalue weighted by Gasteiger charge is 2.02. The van der Waals surface area contributed by atoms with Gasteiger partial charge in [-0.25, -0.2) is 0 Å². The van der Waals surface area contributed by atoms with Gasteiger partial charge in [0.25, 0.3) is 0 Å². The lowest BCUT2D eigenvalue weighted by Gasteiger charge is -2.20. The molecule has 2 N–H and O–H groups in total. The van der Waals surface area contributed by atoms with Gasteiger partial charge in [-0.05, 0) is 38.8 Å². The highest BCUT2D eigenvalue weighted by molar-refractivity contribution is 5.77. The summed E-state index contributed by atoms with van der Waals surface area (Å²) in [6.07, 6.45) is 2.19. The van der Waals surface area contributed by atoms with Crippen molar-refractivity contribution in [2.75, 3.05) is 38.1 Å². The van der Waals surface area contributed by atoms with Gasteiger partial charge in [0.05, 0.1) is 0 Å². The number of hydrogen-bond acceptors (Lipinski definition) is 2. The first kappa shape index (κ1) is 16.3. The molecule has 0 radical (unpaired) electrons. The Bertz CT molecular complexity index is 385. The van der Waals surface area contributed by atoms with E-state index in [4.69, 9.17) is 5.73 Å². The lowest BCUT2D eigenvalue weighted by atomic mass is 10.2. The molecule has 0 aliphatic carbocycles. The molecule has 0 atom stereocenters. The van der Waals surface area contributed by atoms with E-state index < -0.39 is 0 Å². The second-order valence-electron chi connectivity index (χ2n) is 4.88. The predicted octanol–water partition coefficient (Wildman–Crippen LogP) is 2.56. The summed E-state index contributed by atoms with van der Waals surface area (Å²) in [5, 5.41) is 0. The summed E-state index contributed by atoms with van der Waals surface area (Å²) in [6.45, 7) is 7.89. The summed E-state index contributed by atoms with van der Waals surface area (Å²) in [7, 11) is 2.13. The molecule has 4 heteroatoms. The van der Waals surface area contributed by atoms with Gasteiger partial charge in [0, 0.05) is 38.9 Å². The number of aliphatic imine (C=N–C) groups is 1. The molecule has 4 nitrogen and oxygen atoms in total. The lowest BCUT2D eigenvalue weighted by Crippen LogP contribution is -2.37. The van der Waals surface area contributed by atoms with Gasteiger partial charge in [-0.1, -0.05) is 18.2 Å². The van der Waals surface area contributed by atoms with Crippen molar-refractivity contribution >= 4 is 11.6 Å². The van der Waals surface area contributed by atoms with Crippen molar-refractivity contribution < 1.29 is 0 Å². The molecule has 1 rings (SSSR count). The van der Waals surface area contributed by atoms with Crippen molar-refractivity contribution in [1.82, 2.24) is 4.90 Å². The average Bonchev–Trinajstić information content (AvgIpc) is 2.49. The van der Waals surface area contributed by atoms with Gasteiger partial charge in [-0.3, -0.25) is 4.99 Å². The normalized spacial score (nSPS) is 11.4. The number of hydrogen-bond donors (Lipinski definition) is 1. The number of para-hydroxylation sites is 1. The topological polar surface area (TPSA) is 44.9 Å². The molecule has 1 aromatic rings.